The second-order valence-corrected chi connectivity index (χ2v) is 4.28. The highest BCUT2D eigenvalue weighted by Gasteiger charge is 2.21. The molecule has 1 fully saturated rings. The molecule has 0 saturated heterocycles. The summed E-state index contributed by atoms with van der Waals surface area (Å²) in [5, 5.41) is 0. The monoisotopic (exact) mass is 217 g/mol. The van der Waals surface area contributed by atoms with Crippen molar-refractivity contribution in [1.29, 1.82) is 0 Å². The molecule has 0 unspecified atom stereocenters. The molecule has 2 heteroatoms. The Morgan fingerprint density at radius 3 is 3.00 bits per heavy atom. The highest BCUT2D eigenvalue weighted by molar-refractivity contribution is 5.91. The maximum atomic E-state index is 11.7. The third-order valence-corrected chi connectivity index (χ3v) is 3.15. The molecule has 85 valence electrons. The SMILES string of the molecule is CCOC(=O)c1ccc[c]c1CC1CCC1. The van der Waals surface area contributed by atoms with Crippen molar-refractivity contribution in [3.05, 3.63) is 35.4 Å². The van der Waals surface area contributed by atoms with Gasteiger partial charge in [-0.2, -0.15) is 0 Å². The van der Waals surface area contributed by atoms with Crippen LogP contribution in [0.25, 0.3) is 0 Å². The molecule has 0 heterocycles. The molecule has 1 radical (unpaired) electrons. The number of ether oxygens (including phenoxy) is 1. The standard InChI is InChI=1S/C14H17O2/c1-2-16-14(15)13-9-4-3-8-12(13)10-11-6-5-7-11/h3-4,9,11H,2,5-7,10H2,1H3. The largest absolute Gasteiger partial charge is 0.462 e. The Hall–Kier alpha value is -1.31. The van der Waals surface area contributed by atoms with E-state index in [1.165, 1.54) is 19.3 Å². The molecular weight excluding hydrogens is 200 g/mol. The summed E-state index contributed by atoms with van der Waals surface area (Å²) < 4.78 is 5.04. The summed E-state index contributed by atoms with van der Waals surface area (Å²) in [6.45, 7) is 2.26. The lowest BCUT2D eigenvalue weighted by molar-refractivity contribution is 0.0524. The molecule has 0 aliphatic heterocycles. The zero-order valence-corrected chi connectivity index (χ0v) is 9.66. The minimum absolute atomic E-state index is 0.214. The Bertz CT molecular complexity index is 367. The van der Waals surface area contributed by atoms with Crippen molar-refractivity contribution < 1.29 is 9.53 Å². The van der Waals surface area contributed by atoms with E-state index in [0.717, 1.165) is 17.9 Å². The molecule has 0 spiro atoms. The van der Waals surface area contributed by atoms with Gasteiger partial charge in [-0.3, -0.25) is 0 Å². The number of rotatable bonds is 4. The third kappa shape index (κ3) is 2.43. The maximum Gasteiger partial charge on any atom is 0.338 e. The van der Waals surface area contributed by atoms with Gasteiger partial charge in [-0.05, 0) is 37.0 Å². The van der Waals surface area contributed by atoms with Crippen LogP contribution in [0.1, 0.15) is 42.1 Å². The van der Waals surface area contributed by atoms with Crippen molar-refractivity contribution in [2.75, 3.05) is 6.61 Å². The van der Waals surface area contributed by atoms with Crippen molar-refractivity contribution >= 4 is 5.97 Å². The van der Waals surface area contributed by atoms with E-state index in [4.69, 9.17) is 4.74 Å². The van der Waals surface area contributed by atoms with Gasteiger partial charge in [0, 0.05) is 0 Å². The van der Waals surface area contributed by atoms with E-state index in [2.05, 4.69) is 6.07 Å². The van der Waals surface area contributed by atoms with Crippen molar-refractivity contribution in [2.24, 2.45) is 5.92 Å². The Labute approximate surface area is 96.6 Å². The highest BCUT2D eigenvalue weighted by Crippen LogP contribution is 2.30. The van der Waals surface area contributed by atoms with Crippen LogP contribution in [0.3, 0.4) is 0 Å². The summed E-state index contributed by atoms with van der Waals surface area (Å²) in [5.74, 6) is 0.528. The molecule has 1 saturated carbocycles. The van der Waals surface area contributed by atoms with E-state index in [0.29, 0.717) is 12.2 Å². The molecule has 0 N–H and O–H groups in total. The summed E-state index contributed by atoms with van der Waals surface area (Å²) in [7, 11) is 0. The Balaban J connectivity index is 2.12. The second kappa shape index (κ2) is 5.15. The Morgan fingerprint density at radius 1 is 1.56 bits per heavy atom. The molecule has 16 heavy (non-hydrogen) atoms. The molecule has 1 aromatic carbocycles. The molecule has 0 amide bonds. The lowest BCUT2D eigenvalue weighted by Crippen LogP contribution is -2.16. The minimum atomic E-state index is -0.214. The summed E-state index contributed by atoms with van der Waals surface area (Å²) in [6.07, 6.45) is 4.86. The predicted octanol–water partition coefficient (Wildman–Crippen LogP) is 3.01. The zero-order valence-electron chi connectivity index (χ0n) is 9.66. The van der Waals surface area contributed by atoms with Gasteiger partial charge in [0.25, 0.3) is 0 Å². The van der Waals surface area contributed by atoms with Crippen molar-refractivity contribution in [1.82, 2.24) is 0 Å². The maximum absolute atomic E-state index is 11.7. The lowest BCUT2D eigenvalue weighted by Gasteiger charge is -2.25. The van der Waals surface area contributed by atoms with Crippen LogP contribution in [0.2, 0.25) is 0 Å². The van der Waals surface area contributed by atoms with Crippen LogP contribution < -0.4 is 0 Å². The predicted molar refractivity (Wildman–Crippen MR) is 62.3 cm³/mol. The van der Waals surface area contributed by atoms with Gasteiger partial charge in [0.05, 0.1) is 12.2 Å². The first-order chi connectivity index (χ1) is 7.81. The highest BCUT2D eigenvalue weighted by atomic mass is 16.5. The molecule has 0 atom stereocenters. The summed E-state index contributed by atoms with van der Waals surface area (Å²) in [6, 6.07) is 8.73. The first-order valence-corrected chi connectivity index (χ1v) is 5.98. The Morgan fingerprint density at radius 2 is 2.38 bits per heavy atom. The zero-order chi connectivity index (χ0) is 11.4. The average Bonchev–Trinajstić information content (AvgIpc) is 2.24. The molecule has 0 aromatic heterocycles. The summed E-state index contributed by atoms with van der Waals surface area (Å²) in [5.41, 5.74) is 1.71. The molecule has 1 aliphatic rings. The second-order valence-electron chi connectivity index (χ2n) is 4.28. The topological polar surface area (TPSA) is 26.3 Å². The molecule has 2 nitrogen and oxygen atoms in total. The first kappa shape index (κ1) is 11.2. The number of hydrogen-bond acceptors (Lipinski definition) is 2. The van der Waals surface area contributed by atoms with Gasteiger partial charge in [-0.15, -0.1) is 0 Å². The normalized spacial score (nSPS) is 15.6. The van der Waals surface area contributed by atoms with Crippen LogP contribution in [0.4, 0.5) is 0 Å². The number of carbonyl (C=O) groups is 1. The van der Waals surface area contributed by atoms with Gasteiger partial charge in [-0.1, -0.05) is 31.4 Å². The molecule has 1 aliphatic carbocycles. The smallest absolute Gasteiger partial charge is 0.338 e. The van der Waals surface area contributed by atoms with Crippen molar-refractivity contribution in [2.45, 2.75) is 32.6 Å². The fraction of sp³-hybridized carbons (Fsp3) is 0.500. The van der Waals surface area contributed by atoms with Gasteiger partial charge in [-0.25, -0.2) is 4.79 Å². The average molecular weight is 217 g/mol. The van der Waals surface area contributed by atoms with E-state index in [-0.39, 0.29) is 5.97 Å². The van der Waals surface area contributed by atoms with Crippen LogP contribution in [-0.4, -0.2) is 12.6 Å². The van der Waals surface area contributed by atoms with Crippen molar-refractivity contribution in [3.8, 4) is 0 Å². The fourth-order valence-corrected chi connectivity index (χ4v) is 2.03. The van der Waals surface area contributed by atoms with Gasteiger partial charge in [0.2, 0.25) is 0 Å². The van der Waals surface area contributed by atoms with Crippen LogP contribution in [0.15, 0.2) is 18.2 Å². The molecule has 0 bridgehead atoms. The van der Waals surface area contributed by atoms with Crippen molar-refractivity contribution in [3.63, 3.8) is 0 Å². The number of esters is 1. The van der Waals surface area contributed by atoms with Gasteiger partial charge in [0.15, 0.2) is 0 Å². The third-order valence-electron chi connectivity index (χ3n) is 3.15. The number of hydrogen-bond donors (Lipinski definition) is 0. The van der Waals surface area contributed by atoms with E-state index in [1.807, 2.05) is 25.1 Å². The van der Waals surface area contributed by atoms with Gasteiger partial charge >= 0.3 is 5.97 Å². The first-order valence-electron chi connectivity index (χ1n) is 5.98. The van der Waals surface area contributed by atoms with Gasteiger partial charge < -0.3 is 4.74 Å². The van der Waals surface area contributed by atoms with Crippen LogP contribution >= 0.6 is 0 Å². The van der Waals surface area contributed by atoms with E-state index in [9.17, 15) is 4.79 Å². The lowest BCUT2D eigenvalue weighted by atomic mass is 9.80. The van der Waals surface area contributed by atoms with Crippen LogP contribution in [0, 0.1) is 12.0 Å². The summed E-state index contributed by atoms with van der Waals surface area (Å²) >= 11 is 0. The van der Waals surface area contributed by atoms with E-state index >= 15 is 0 Å². The van der Waals surface area contributed by atoms with Crippen LogP contribution in [-0.2, 0) is 11.2 Å². The van der Waals surface area contributed by atoms with Crippen LogP contribution in [0.5, 0.6) is 0 Å². The summed E-state index contributed by atoms with van der Waals surface area (Å²) in [4.78, 5) is 11.7. The number of carbonyl (C=O) groups excluding carboxylic acids is 1. The molecular formula is C14H17O2. The molecule has 2 rings (SSSR count). The molecule has 1 aromatic rings. The fourth-order valence-electron chi connectivity index (χ4n) is 2.03. The quantitative estimate of drug-likeness (QED) is 0.725. The Kier molecular flexibility index (Phi) is 3.60. The number of benzene rings is 1. The van der Waals surface area contributed by atoms with E-state index < -0.39 is 0 Å². The minimum Gasteiger partial charge on any atom is -0.462 e. The van der Waals surface area contributed by atoms with Gasteiger partial charge in [0.1, 0.15) is 0 Å². The van der Waals surface area contributed by atoms with E-state index in [1.54, 1.807) is 0 Å².